The lowest BCUT2D eigenvalue weighted by Crippen LogP contribution is -2.38. The van der Waals surface area contributed by atoms with Crippen LogP contribution in [0.3, 0.4) is 0 Å². The van der Waals surface area contributed by atoms with Gasteiger partial charge in [-0.05, 0) is 37.7 Å². The molecule has 24 heavy (non-hydrogen) atoms. The van der Waals surface area contributed by atoms with E-state index in [4.69, 9.17) is 4.74 Å². The predicted octanol–water partition coefficient (Wildman–Crippen LogP) is 3.45. The summed E-state index contributed by atoms with van der Waals surface area (Å²) < 4.78 is 5.11. The number of nitrogens with zero attached hydrogens (tertiary/aromatic N) is 1. The number of ether oxygens (including phenoxy) is 1. The van der Waals surface area contributed by atoms with Gasteiger partial charge in [0.15, 0.2) is 0 Å². The Kier molecular flexibility index (Phi) is 6.41. The highest BCUT2D eigenvalue weighted by Gasteiger charge is 2.48. The molecular weight excluding hydrogens is 302 g/mol. The van der Waals surface area contributed by atoms with Crippen molar-refractivity contribution in [3.8, 4) is 0 Å². The average molecular weight is 331 g/mol. The number of hydrogen-bond acceptors (Lipinski definition) is 3. The molecule has 1 heterocycles. The Bertz CT molecular complexity index is 555. The molecule has 4 heteroatoms. The van der Waals surface area contributed by atoms with Crippen molar-refractivity contribution >= 4 is 11.9 Å². The summed E-state index contributed by atoms with van der Waals surface area (Å²) in [4.78, 5) is 27.0. The molecule has 1 aliphatic rings. The zero-order chi connectivity index (χ0) is 17.6. The van der Waals surface area contributed by atoms with Gasteiger partial charge < -0.3 is 9.64 Å². The molecule has 0 saturated carbocycles. The van der Waals surface area contributed by atoms with Crippen LogP contribution in [-0.2, 0) is 20.7 Å². The predicted molar refractivity (Wildman–Crippen MR) is 94.5 cm³/mol. The zero-order valence-corrected chi connectivity index (χ0v) is 15.1. The normalized spacial score (nSPS) is 20.7. The number of carbonyl (C=O) groups excluding carboxylic acids is 2. The Hall–Kier alpha value is -1.84. The van der Waals surface area contributed by atoms with E-state index in [0.717, 1.165) is 25.8 Å². The van der Waals surface area contributed by atoms with Gasteiger partial charge in [-0.25, -0.2) is 0 Å². The van der Waals surface area contributed by atoms with Crippen molar-refractivity contribution in [1.82, 2.24) is 4.90 Å². The molecule has 2 rings (SSSR count). The van der Waals surface area contributed by atoms with Crippen LogP contribution in [0.4, 0.5) is 0 Å². The lowest BCUT2D eigenvalue weighted by Gasteiger charge is -2.28. The molecule has 132 valence electrons. The molecule has 1 saturated heterocycles. The molecule has 1 unspecified atom stereocenters. The van der Waals surface area contributed by atoms with E-state index in [2.05, 4.69) is 26.0 Å². The molecule has 1 aromatic rings. The molecule has 1 aromatic carbocycles. The van der Waals surface area contributed by atoms with E-state index in [9.17, 15) is 9.59 Å². The van der Waals surface area contributed by atoms with Gasteiger partial charge in [-0.15, -0.1) is 0 Å². The van der Waals surface area contributed by atoms with Gasteiger partial charge in [0.2, 0.25) is 5.91 Å². The smallest absolute Gasteiger partial charge is 0.306 e. The third kappa shape index (κ3) is 4.59. The van der Waals surface area contributed by atoms with Gasteiger partial charge in [0.25, 0.3) is 0 Å². The van der Waals surface area contributed by atoms with E-state index in [0.29, 0.717) is 19.1 Å². The van der Waals surface area contributed by atoms with Crippen LogP contribution in [0, 0.1) is 11.3 Å². The molecule has 1 atom stereocenters. The summed E-state index contributed by atoms with van der Waals surface area (Å²) in [5, 5.41) is 0. The van der Waals surface area contributed by atoms with E-state index in [1.165, 1.54) is 5.56 Å². The van der Waals surface area contributed by atoms with E-state index < -0.39 is 5.41 Å². The zero-order valence-electron chi connectivity index (χ0n) is 15.1. The average Bonchev–Trinajstić information content (AvgIpc) is 2.82. The molecule has 1 fully saturated rings. The van der Waals surface area contributed by atoms with Gasteiger partial charge >= 0.3 is 5.97 Å². The lowest BCUT2D eigenvalue weighted by molar-refractivity contribution is -0.151. The number of likely N-dealkylation sites (tertiary alicyclic amines) is 1. The molecule has 0 aromatic heterocycles. The van der Waals surface area contributed by atoms with Gasteiger partial charge in [-0.1, -0.05) is 44.2 Å². The van der Waals surface area contributed by atoms with E-state index in [1.54, 1.807) is 6.92 Å². The largest absolute Gasteiger partial charge is 0.466 e. The fourth-order valence-corrected chi connectivity index (χ4v) is 3.71. The SMILES string of the molecule is CCOC(=O)CC1(CC(C)C)CCN(CCc2ccccc2)C1=O. The van der Waals surface area contributed by atoms with Crippen LogP contribution < -0.4 is 0 Å². The molecule has 1 amide bonds. The molecule has 0 aliphatic carbocycles. The van der Waals surface area contributed by atoms with Crippen LogP contribution in [0.15, 0.2) is 30.3 Å². The Morgan fingerprint density at radius 1 is 1.29 bits per heavy atom. The fourth-order valence-electron chi connectivity index (χ4n) is 3.71. The van der Waals surface area contributed by atoms with Crippen molar-refractivity contribution in [2.75, 3.05) is 19.7 Å². The van der Waals surface area contributed by atoms with Crippen molar-refractivity contribution in [2.45, 2.75) is 46.5 Å². The third-order valence-corrected chi connectivity index (χ3v) is 4.70. The van der Waals surface area contributed by atoms with Crippen LogP contribution in [0.1, 0.15) is 45.6 Å². The molecular formula is C20H29NO3. The number of esters is 1. The van der Waals surface area contributed by atoms with Crippen LogP contribution in [0.25, 0.3) is 0 Å². The Morgan fingerprint density at radius 3 is 2.62 bits per heavy atom. The van der Waals surface area contributed by atoms with E-state index in [-0.39, 0.29) is 18.3 Å². The summed E-state index contributed by atoms with van der Waals surface area (Å²) in [7, 11) is 0. The third-order valence-electron chi connectivity index (χ3n) is 4.70. The van der Waals surface area contributed by atoms with Crippen LogP contribution in [0.5, 0.6) is 0 Å². The first-order chi connectivity index (χ1) is 11.5. The topological polar surface area (TPSA) is 46.6 Å². The van der Waals surface area contributed by atoms with Crippen molar-refractivity contribution < 1.29 is 14.3 Å². The minimum Gasteiger partial charge on any atom is -0.466 e. The Morgan fingerprint density at radius 2 is 2.00 bits per heavy atom. The first-order valence-corrected chi connectivity index (χ1v) is 8.96. The monoisotopic (exact) mass is 331 g/mol. The minimum atomic E-state index is -0.572. The molecule has 0 radical (unpaired) electrons. The molecule has 0 spiro atoms. The summed E-state index contributed by atoms with van der Waals surface area (Å²) in [6.45, 7) is 7.82. The van der Waals surface area contributed by atoms with Gasteiger partial charge in [0, 0.05) is 13.1 Å². The Balaban J connectivity index is 2.04. The standard InChI is InChI=1S/C20H29NO3/c1-4-24-18(22)15-20(14-16(2)3)11-13-21(19(20)23)12-10-17-8-6-5-7-9-17/h5-9,16H,4,10-15H2,1-3H3. The van der Waals surface area contributed by atoms with Crippen molar-refractivity contribution in [1.29, 1.82) is 0 Å². The molecule has 0 N–H and O–H groups in total. The van der Waals surface area contributed by atoms with Crippen molar-refractivity contribution in [2.24, 2.45) is 11.3 Å². The minimum absolute atomic E-state index is 0.125. The molecule has 0 bridgehead atoms. The molecule has 1 aliphatic heterocycles. The van der Waals surface area contributed by atoms with Crippen molar-refractivity contribution in [3.05, 3.63) is 35.9 Å². The number of rotatable bonds is 8. The Labute approximate surface area is 145 Å². The van der Waals surface area contributed by atoms with E-state index >= 15 is 0 Å². The summed E-state index contributed by atoms with van der Waals surface area (Å²) in [6.07, 6.45) is 2.55. The summed E-state index contributed by atoms with van der Waals surface area (Å²) in [5.41, 5.74) is 0.661. The highest BCUT2D eigenvalue weighted by Crippen LogP contribution is 2.41. The van der Waals surface area contributed by atoms with E-state index in [1.807, 2.05) is 23.1 Å². The number of hydrogen-bond donors (Lipinski definition) is 0. The van der Waals surface area contributed by atoms with Gasteiger partial charge in [0.1, 0.15) is 0 Å². The number of benzene rings is 1. The fraction of sp³-hybridized carbons (Fsp3) is 0.600. The second-order valence-electron chi connectivity index (χ2n) is 7.14. The molecule has 4 nitrogen and oxygen atoms in total. The first kappa shape index (κ1) is 18.5. The van der Waals surface area contributed by atoms with Crippen LogP contribution in [0.2, 0.25) is 0 Å². The second kappa shape index (κ2) is 8.32. The quantitative estimate of drug-likeness (QED) is 0.686. The lowest BCUT2D eigenvalue weighted by atomic mass is 9.76. The summed E-state index contributed by atoms with van der Waals surface area (Å²) in [5.74, 6) is 0.244. The summed E-state index contributed by atoms with van der Waals surface area (Å²) >= 11 is 0. The number of carbonyl (C=O) groups is 2. The maximum Gasteiger partial charge on any atom is 0.306 e. The van der Waals surface area contributed by atoms with Gasteiger partial charge in [-0.3, -0.25) is 9.59 Å². The second-order valence-corrected chi connectivity index (χ2v) is 7.14. The number of amides is 1. The highest BCUT2D eigenvalue weighted by molar-refractivity contribution is 5.89. The first-order valence-electron chi connectivity index (χ1n) is 8.96. The van der Waals surface area contributed by atoms with Crippen LogP contribution >= 0.6 is 0 Å². The maximum atomic E-state index is 13.0. The highest BCUT2D eigenvalue weighted by atomic mass is 16.5. The van der Waals surface area contributed by atoms with Gasteiger partial charge in [-0.2, -0.15) is 0 Å². The maximum absolute atomic E-state index is 13.0. The summed E-state index contributed by atoms with van der Waals surface area (Å²) in [6, 6.07) is 10.2. The van der Waals surface area contributed by atoms with Gasteiger partial charge in [0.05, 0.1) is 18.4 Å². The van der Waals surface area contributed by atoms with Crippen molar-refractivity contribution in [3.63, 3.8) is 0 Å². The van der Waals surface area contributed by atoms with Crippen LogP contribution in [-0.4, -0.2) is 36.5 Å².